The molecular weight excluding hydrogens is 298 g/mol. The molecule has 0 aliphatic carbocycles. The van der Waals surface area contributed by atoms with Gasteiger partial charge in [-0.2, -0.15) is 4.31 Å². The first-order chi connectivity index (χ1) is 9.71. The molecule has 0 bridgehead atoms. The second-order valence-electron chi connectivity index (χ2n) is 5.26. The maximum absolute atomic E-state index is 11.9. The fourth-order valence-corrected chi connectivity index (χ4v) is 2.89. The standard InChI is InChI=1S/C12H23N3O5S/c1-10(11(16)17)4-3-5-13-12(18)14-6-8-15(9-7-14)21(2,19)20/h10H,3-9H2,1-2H3,(H,13,18)(H,16,17). The van der Waals surface area contributed by atoms with E-state index in [0.717, 1.165) is 6.26 Å². The summed E-state index contributed by atoms with van der Waals surface area (Å²) >= 11 is 0. The monoisotopic (exact) mass is 321 g/mol. The first-order valence-corrected chi connectivity index (χ1v) is 8.77. The predicted octanol–water partition coefficient (Wildman–Crippen LogP) is -0.226. The van der Waals surface area contributed by atoms with E-state index in [9.17, 15) is 18.0 Å². The molecule has 0 radical (unpaired) electrons. The van der Waals surface area contributed by atoms with Crippen LogP contribution < -0.4 is 5.32 Å². The molecule has 2 N–H and O–H groups in total. The van der Waals surface area contributed by atoms with E-state index in [1.807, 2.05) is 0 Å². The number of aliphatic carboxylic acids is 1. The molecule has 0 aromatic rings. The van der Waals surface area contributed by atoms with Crippen LogP contribution in [-0.2, 0) is 14.8 Å². The molecule has 8 nitrogen and oxygen atoms in total. The maximum Gasteiger partial charge on any atom is 0.317 e. The van der Waals surface area contributed by atoms with Gasteiger partial charge in [-0.15, -0.1) is 0 Å². The van der Waals surface area contributed by atoms with Gasteiger partial charge >= 0.3 is 12.0 Å². The van der Waals surface area contributed by atoms with E-state index in [1.54, 1.807) is 11.8 Å². The highest BCUT2D eigenvalue weighted by Crippen LogP contribution is 2.07. The Balaban J connectivity index is 2.24. The summed E-state index contributed by atoms with van der Waals surface area (Å²) in [7, 11) is -3.19. The molecule has 2 amide bonds. The number of hydrogen-bond donors (Lipinski definition) is 2. The molecule has 122 valence electrons. The van der Waals surface area contributed by atoms with E-state index in [1.165, 1.54) is 4.31 Å². The number of carboxylic acids is 1. The third-order valence-electron chi connectivity index (χ3n) is 3.51. The van der Waals surface area contributed by atoms with Gasteiger partial charge in [-0.1, -0.05) is 6.92 Å². The smallest absolute Gasteiger partial charge is 0.317 e. The fraction of sp³-hybridized carbons (Fsp3) is 0.833. The predicted molar refractivity (Wildman–Crippen MR) is 77.4 cm³/mol. The van der Waals surface area contributed by atoms with Crippen LogP contribution in [0.4, 0.5) is 4.79 Å². The number of piperazine rings is 1. The lowest BCUT2D eigenvalue weighted by Gasteiger charge is -2.33. The maximum atomic E-state index is 11.9. The van der Waals surface area contributed by atoms with Gasteiger partial charge in [0.15, 0.2) is 0 Å². The minimum absolute atomic E-state index is 0.230. The summed E-state index contributed by atoms with van der Waals surface area (Å²) in [6.45, 7) is 3.40. The molecule has 0 spiro atoms. The van der Waals surface area contributed by atoms with E-state index in [-0.39, 0.29) is 6.03 Å². The fourth-order valence-electron chi connectivity index (χ4n) is 2.06. The molecule has 1 aliphatic rings. The van der Waals surface area contributed by atoms with Crippen LogP contribution in [0.2, 0.25) is 0 Å². The summed E-state index contributed by atoms with van der Waals surface area (Å²) < 4.78 is 24.1. The Bertz CT molecular complexity index is 471. The van der Waals surface area contributed by atoms with Crippen molar-refractivity contribution >= 4 is 22.0 Å². The zero-order valence-corrected chi connectivity index (χ0v) is 13.2. The lowest BCUT2D eigenvalue weighted by Crippen LogP contribution is -2.53. The van der Waals surface area contributed by atoms with E-state index in [4.69, 9.17) is 5.11 Å². The van der Waals surface area contributed by atoms with Crippen molar-refractivity contribution in [1.82, 2.24) is 14.5 Å². The van der Waals surface area contributed by atoms with Crippen molar-refractivity contribution < 1.29 is 23.1 Å². The quantitative estimate of drug-likeness (QED) is 0.657. The number of carbonyl (C=O) groups excluding carboxylic acids is 1. The van der Waals surface area contributed by atoms with Crippen molar-refractivity contribution in [2.24, 2.45) is 5.92 Å². The van der Waals surface area contributed by atoms with Gasteiger partial charge in [0.25, 0.3) is 0 Å². The Morgan fingerprint density at radius 1 is 1.24 bits per heavy atom. The summed E-state index contributed by atoms with van der Waals surface area (Å²) in [5.74, 6) is -1.25. The van der Waals surface area contributed by atoms with Crippen molar-refractivity contribution in [3.8, 4) is 0 Å². The second-order valence-corrected chi connectivity index (χ2v) is 7.24. The molecule has 9 heteroatoms. The topological polar surface area (TPSA) is 107 Å². The third-order valence-corrected chi connectivity index (χ3v) is 4.81. The summed E-state index contributed by atoms with van der Waals surface area (Å²) in [5, 5.41) is 11.5. The third kappa shape index (κ3) is 5.88. The SMILES string of the molecule is CC(CCCNC(=O)N1CCN(S(C)(=O)=O)CC1)C(=O)O. The summed E-state index contributed by atoms with van der Waals surface area (Å²) in [6, 6.07) is -0.230. The van der Waals surface area contributed by atoms with Crippen molar-refractivity contribution in [3.63, 3.8) is 0 Å². The van der Waals surface area contributed by atoms with Crippen molar-refractivity contribution in [2.45, 2.75) is 19.8 Å². The Hall–Kier alpha value is -1.35. The van der Waals surface area contributed by atoms with Gasteiger partial charge in [0.2, 0.25) is 10.0 Å². The van der Waals surface area contributed by atoms with Crippen LogP contribution in [0.3, 0.4) is 0 Å². The number of nitrogens with one attached hydrogen (secondary N) is 1. The first kappa shape index (κ1) is 17.7. The van der Waals surface area contributed by atoms with Gasteiger partial charge in [0, 0.05) is 32.7 Å². The molecule has 1 fully saturated rings. The van der Waals surface area contributed by atoms with Gasteiger partial charge < -0.3 is 15.3 Å². The number of nitrogens with zero attached hydrogens (tertiary/aromatic N) is 2. The number of carbonyl (C=O) groups is 2. The Kier molecular flexibility index (Phi) is 6.41. The Labute approximate surface area is 125 Å². The summed E-state index contributed by atoms with van der Waals surface area (Å²) in [5.41, 5.74) is 0. The van der Waals surface area contributed by atoms with Gasteiger partial charge in [-0.05, 0) is 12.8 Å². The lowest BCUT2D eigenvalue weighted by molar-refractivity contribution is -0.141. The van der Waals surface area contributed by atoms with Crippen molar-refractivity contribution in [2.75, 3.05) is 39.0 Å². The van der Waals surface area contributed by atoms with E-state index in [2.05, 4.69) is 5.32 Å². The van der Waals surface area contributed by atoms with E-state index in [0.29, 0.717) is 45.6 Å². The zero-order valence-electron chi connectivity index (χ0n) is 12.4. The molecule has 0 saturated carbocycles. The second kappa shape index (κ2) is 7.60. The normalized spacial score (nSPS) is 18.3. The molecule has 21 heavy (non-hydrogen) atoms. The van der Waals surface area contributed by atoms with Crippen LogP contribution in [0, 0.1) is 5.92 Å². The number of urea groups is 1. The summed E-state index contributed by atoms with van der Waals surface area (Å²) in [4.78, 5) is 24.1. The molecule has 1 unspecified atom stereocenters. The highest BCUT2D eigenvalue weighted by Gasteiger charge is 2.25. The molecule has 1 rings (SSSR count). The van der Waals surface area contributed by atoms with Gasteiger partial charge in [0.05, 0.1) is 12.2 Å². The number of rotatable bonds is 6. The Morgan fingerprint density at radius 2 is 1.81 bits per heavy atom. The minimum atomic E-state index is -3.19. The van der Waals surface area contributed by atoms with Crippen molar-refractivity contribution in [1.29, 1.82) is 0 Å². The van der Waals surface area contributed by atoms with Crippen LogP contribution in [0.1, 0.15) is 19.8 Å². The van der Waals surface area contributed by atoms with Crippen LogP contribution in [0.25, 0.3) is 0 Å². The number of amides is 2. The molecule has 1 heterocycles. The Morgan fingerprint density at radius 3 is 2.29 bits per heavy atom. The minimum Gasteiger partial charge on any atom is -0.481 e. The average molecular weight is 321 g/mol. The van der Waals surface area contributed by atoms with Crippen LogP contribution >= 0.6 is 0 Å². The lowest BCUT2D eigenvalue weighted by atomic mass is 10.1. The van der Waals surface area contributed by atoms with Crippen LogP contribution in [-0.4, -0.2) is 73.7 Å². The highest BCUT2D eigenvalue weighted by molar-refractivity contribution is 7.88. The highest BCUT2D eigenvalue weighted by atomic mass is 32.2. The van der Waals surface area contributed by atoms with E-state index >= 15 is 0 Å². The van der Waals surface area contributed by atoms with Crippen LogP contribution in [0.5, 0.6) is 0 Å². The van der Waals surface area contributed by atoms with Crippen LogP contribution in [0.15, 0.2) is 0 Å². The first-order valence-electron chi connectivity index (χ1n) is 6.92. The summed E-state index contributed by atoms with van der Waals surface area (Å²) in [6.07, 6.45) is 2.27. The molecule has 1 atom stereocenters. The molecule has 1 aliphatic heterocycles. The number of carboxylic acid groups (broad SMARTS) is 1. The molecular formula is C12H23N3O5S. The number of sulfonamides is 1. The van der Waals surface area contributed by atoms with Gasteiger partial charge in [-0.25, -0.2) is 13.2 Å². The molecule has 0 aromatic carbocycles. The molecule has 1 saturated heterocycles. The van der Waals surface area contributed by atoms with Gasteiger partial charge in [-0.3, -0.25) is 4.79 Å². The largest absolute Gasteiger partial charge is 0.481 e. The average Bonchev–Trinajstić information content (AvgIpc) is 2.42. The van der Waals surface area contributed by atoms with Gasteiger partial charge in [0.1, 0.15) is 0 Å². The van der Waals surface area contributed by atoms with E-state index < -0.39 is 21.9 Å². The molecule has 0 aromatic heterocycles. The number of hydrogen-bond acceptors (Lipinski definition) is 4. The van der Waals surface area contributed by atoms with Crippen molar-refractivity contribution in [3.05, 3.63) is 0 Å². The zero-order chi connectivity index (χ0) is 16.0.